The molecule has 1 aromatic rings. The molecule has 1 saturated carbocycles. The summed E-state index contributed by atoms with van der Waals surface area (Å²) in [4.78, 5) is 0. The van der Waals surface area contributed by atoms with Crippen LogP contribution in [0.2, 0.25) is 0 Å². The third kappa shape index (κ3) is 5.11. The van der Waals surface area contributed by atoms with Crippen LogP contribution in [-0.4, -0.2) is 0 Å². The van der Waals surface area contributed by atoms with Crippen LogP contribution in [0.5, 0.6) is 0 Å². The maximum absolute atomic E-state index is 2.55. The van der Waals surface area contributed by atoms with Crippen LogP contribution in [0.1, 0.15) is 91.5 Å². The Bertz CT molecular complexity index is 468. The monoisotopic (exact) mass is 328 g/mol. The fourth-order valence-electron chi connectivity index (χ4n) is 4.95. The van der Waals surface area contributed by atoms with E-state index in [0.717, 1.165) is 17.8 Å². The molecule has 2 rings (SSSR count). The van der Waals surface area contributed by atoms with Crippen LogP contribution in [0.25, 0.3) is 0 Å². The van der Waals surface area contributed by atoms with E-state index >= 15 is 0 Å². The average Bonchev–Trinajstić information content (AvgIpc) is 2.80. The Morgan fingerprint density at radius 2 is 1.58 bits per heavy atom. The van der Waals surface area contributed by atoms with Gasteiger partial charge in [0.15, 0.2) is 0 Å². The van der Waals surface area contributed by atoms with Gasteiger partial charge in [0, 0.05) is 0 Å². The number of rotatable bonds is 6. The van der Waals surface area contributed by atoms with E-state index < -0.39 is 0 Å². The van der Waals surface area contributed by atoms with Crippen LogP contribution in [0, 0.1) is 29.1 Å². The molecule has 1 aliphatic carbocycles. The van der Waals surface area contributed by atoms with Crippen molar-refractivity contribution in [3.05, 3.63) is 35.9 Å². The second kappa shape index (κ2) is 8.54. The minimum absolute atomic E-state index is 0.441. The summed E-state index contributed by atoms with van der Waals surface area (Å²) in [5, 5.41) is 0. The van der Waals surface area contributed by atoms with E-state index in [-0.39, 0.29) is 0 Å². The van der Waals surface area contributed by atoms with Crippen molar-refractivity contribution in [2.24, 2.45) is 29.1 Å². The zero-order valence-electron chi connectivity index (χ0n) is 17.0. The lowest BCUT2D eigenvalue weighted by molar-refractivity contribution is 0.148. The molecule has 1 aromatic carbocycles. The Morgan fingerprint density at radius 3 is 2.17 bits per heavy atom. The first-order chi connectivity index (χ1) is 11.3. The van der Waals surface area contributed by atoms with E-state index in [2.05, 4.69) is 71.9 Å². The second-order valence-corrected chi connectivity index (χ2v) is 9.66. The predicted octanol–water partition coefficient (Wildman–Crippen LogP) is 7.70. The van der Waals surface area contributed by atoms with Crippen molar-refractivity contribution in [2.75, 3.05) is 0 Å². The molecule has 1 aliphatic rings. The van der Waals surface area contributed by atoms with Gasteiger partial charge in [0.25, 0.3) is 0 Å². The Labute approximate surface area is 151 Å². The summed E-state index contributed by atoms with van der Waals surface area (Å²) in [6, 6.07) is 11.2. The predicted molar refractivity (Wildman–Crippen MR) is 107 cm³/mol. The summed E-state index contributed by atoms with van der Waals surface area (Å²) in [6.07, 6.45) is 8.55. The van der Waals surface area contributed by atoms with Gasteiger partial charge in [0.2, 0.25) is 0 Å². The van der Waals surface area contributed by atoms with Crippen LogP contribution in [0.3, 0.4) is 0 Å². The molecule has 3 unspecified atom stereocenters. The first-order valence-electron chi connectivity index (χ1n) is 10.4. The molecule has 24 heavy (non-hydrogen) atoms. The molecule has 0 radical (unpaired) electrons. The quantitative estimate of drug-likeness (QED) is 0.469. The molecule has 0 nitrogen and oxygen atoms in total. The van der Waals surface area contributed by atoms with E-state index in [4.69, 9.17) is 0 Å². The standard InChI is InChI=1S/C24H40/c1-18(2)20-13-10-14-22(16-15-20)24(5,6)17-23(19(3)4)21-11-8-7-9-12-21/h7-9,11-12,18-20,22-23H,10,13-17H2,1-6H3. The highest BCUT2D eigenvalue weighted by atomic mass is 14.4. The molecule has 0 heteroatoms. The first kappa shape index (κ1) is 19.5. The van der Waals surface area contributed by atoms with Gasteiger partial charge < -0.3 is 0 Å². The van der Waals surface area contributed by atoms with Crippen LogP contribution in [0.4, 0.5) is 0 Å². The molecule has 3 atom stereocenters. The minimum atomic E-state index is 0.441. The van der Waals surface area contributed by atoms with E-state index in [0.29, 0.717) is 17.3 Å². The zero-order chi connectivity index (χ0) is 17.7. The highest BCUT2D eigenvalue weighted by molar-refractivity contribution is 5.20. The van der Waals surface area contributed by atoms with Gasteiger partial charge >= 0.3 is 0 Å². The maximum atomic E-state index is 2.55. The van der Waals surface area contributed by atoms with Crippen LogP contribution in [0.15, 0.2) is 30.3 Å². The van der Waals surface area contributed by atoms with Gasteiger partial charge in [-0.2, -0.15) is 0 Å². The lowest BCUT2D eigenvalue weighted by atomic mass is 9.67. The van der Waals surface area contributed by atoms with Gasteiger partial charge in [-0.3, -0.25) is 0 Å². The zero-order valence-corrected chi connectivity index (χ0v) is 17.0. The topological polar surface area (TPSA) is 0 Å². The van der Waals surface area contributed by atoms with E-state index in [1.807, 2.05) is 0 Å². The molecule has 136 valence electrons. The number of hydrogen-bond donors (Lipinski definition) is 0. The van der Waals surface area contributed by atoms with Gasteiger partial charge in [0.1, 0.15) is 0 Å². The van der Waals surface area contributed by atoms with Crippen molar-refractivity contribution < 1.29 is 0 Å². The van der Waals surface area contributed by atoms with Crippen LogP contribution >= 0.6 is 0 Å². The molecule has 0 aliphatic heterocycles. The molecule has 0 N–H and O–H groups in total. The molecule has 0 heterocycles. The summed E-state index contributed by atoms with van der Waals surface area (Å²) in [5.74, 6) is 4.11. The Hall–Kier alpha value is -0.780. The van der Waals surface area contributed by atoms with Crippen LogP contribution < -0.4 is 0 Å². The third-order valence-corrected chi connectivity index (χ3v) is 6.84. The number of hydrogen-bond acceptors (Lipinski definition) is 0. The molecule has 0 saturated heterocycles. The Morgan fingerprint density at radius 1 is 0.917 bits per heavy atom. The van der Waals surface area contributed by atoms with Gasteiger partial charge in [-0.1, -0.05) is 84.7 Å². The maximum Gasteiger partial charge on any atom is -0.0134 e. The normalized spacial score (nSPS) is 24.2. The van der Waals surface area contributed by atoms with Gasteiger partial charge in [-0.15, -0.1) is 0 Å². The first-order valence-corrected chi connectivity index (χ1v) is 10.4. The summed E-state index contributed by atoms with van der Waals surface area (Å²) in [7, 11) is 0. The van der Waals surface area contributed by atoms with Gasteiger partial charge in [0.05, 0.1) is 0 Å². The smallest absolute Gasteiger partial charge is 0.0134 e. The molecular formula is C24H40. The second-order valence-electron chi connectivity index (χ2n) is 9.66. The Kier molecular flexibility index (Phi) is 6.96. The van der Waals surface area contributed by atoms with E-state index in [1.54, 1.807) is 0 Å². The largest absolute Gasteiger partial charge is 0.0625 e. The molecular weight excluding hydrogens is 288 g/mol. The van der Waals surface area contributed by atoms with Crippen LogP contribution in [-0.2, 0) is 0 Å². The van der Waals surface area contributed by atoms with E-state index in [1.165, 1.54) is 44.1 Å². The fourth-order valence-corrected chi connectivity index (χ4v) is 4.95. The summed E-state index contributed by atoms with van der Waals surface area (Å²) < 4.78 is 0. The lowest BCUT2D eigenvalue weighted by Crippen LogP contribution is -2.28. The van der Waals surface area contributed by atoms with Crippen molar-refractivity contribution in [2.45, 2.75) is 86.0 Å². The van der Waals surface area contributed by atoms with Crippen molar-refractivity contribution >= 4 is 0 Å². The average molecular weight is 329 g/mol. The highest BCUT2D eigenvalue weighted by Crippen LogP contribution is 2.46. The fraction of sp³-hybridized carbons (Fsp3) is 0.750. The summed E-state index contributed by atoms with van der Waals surface area (Å²) in [5.41, 5.74) is 1.98. The summed E-state index contributed by atoms with van der Waals surface area (Å²) in [6.45, 7) is 14.7. The molecule has 1 fully saturated rings. The molecule has 0 spiro atoms. The van der Waals surface area contributed by atoms with Crippen molar-refractivity contribution in [3.8, 4) is 0 Å². The lowest BCUT2D eigenvalue weighted by Gasteiger charge is -2.38. The van der Waals surface area contributed by atoms with Crippen molar-refractivity contribution in [1.29, 1.82) is 0 Å². The molecule has 0 amide bonds. The number of benzene rings is 1. The third-order valence-electron chi connectivity index (χ3n) is 6.84. The molecule has 0 aromatic heterocycles. The molecule has 0 bridgehead atoms. The van der Waals surface area contributed by atoms with Crippen molar-refractivity contribution in [3.63, 3.8) is 0 Å². The Balaban J connectivity index is 2.08. The van der Waals surface area contributed by atoms with Crippen molar-refractivity contribution in [1.82, 2.24) is 0 Å². The van der Waals surface area contributed by atoms with Gasteiger partial charge in [-0.25, -0.2) is 0 Å². The minimum Gasteiger partial charge on any atom is -0.0625 e. The van der Waals surface area contributed by atoms with Gasteiger partial charge in [-0.05, 0) is 66.3 Å². The summed E-state index contributed by atoms with van der Waals surface area (Å²) >= 11 is 0. The van der Waals surface area contributed by atoms with E-state index in [9.17, 15) is 0 Å². The highest BCUT2D eigenvalue weighted by Gasteiger charge is 2.35. The SMILES string of the molecule is CC(C)C1CCCC(C(C)(C)CC(c2ccccc2)C(C)C)CC1.